The number of carbonyl (C=O) groups is 2. The number of hydrogen-bond donors (Lipinski definition) is 3. The quantitative estimate of drug-likeness (QED) is 0.196. The highest BCUT2D eigenvalue weighted by Gasteiger charge is 2.22. The predicted octanol–water partition coefficient (Wildman–Crippen LogP) is 3.52. The fraction of sp³-hybridized carbons (Fsp3) is 0.375. The lowest BCUT2D eigenvalue weighted by Crippen LogP contribution is -2.39. The van der Waals surface area contributed by atoms with E-state index < -0.39 is 0 Å². The number of anilines is 5. The number of nitrogens with zero attached hydrogens (tertiary/aromatic N) is 5. The molecule has 12 heteroatoms. The van der Waals surface area contributed by atoms with Gasteiger partial charge in [0, 0.05) is 63.3 Å². The van der Waals surface area contributed by atoms with Crippen molar-refractivity contribution in [2.45, 2.75) is 18.9 Å². The number of amides is 1. The van der Waals surface area contributed by atoms with Crippen LogP contribution in [-0.4, -0.2) is 94.1 Å². The van der Waals surface area contributed by atoms with E-state index in [-0.39, 0.29) is 29.4 Å². The number of likely N-dealkylation sites (N-methyl/N-ethyl adjacent to an activating group) is 2. The van der Waals surface area contributed by atoms with Gasteiger partial charge >= 0.3 is 0 Å². The van der Waals surface area contributed by atoms with Crippen molar-refractivity contribution >= 4 is 40.4 Å². The molecule has 234 valence electrons. The molecule has 12 nitrogen and oxygen atoms in total. The van der Waals surface area contributed by atoms with Gasteiger partial charge in [-0.1, -0.05) is 6.58 Å². The highest BCUT2D eigenvalue weighted by molar-refractivity contribution is 6.10. The molecule has 1 amide bonds. The number of ether oxygens (including phenoxy) is 2. The second kappa shape index (κ2) is 14.7. The molecule has 1 aliphatic rings. The van der Waals surface area contributed by atoms with Gasteiger partial charge in [0.15, 0.2) is 0 Å². The number of piperidine rings is 1. The summed E-state index contributed by atoms with van der Waals surface area (Å²) in [6.07, 6.45) is 4.56. The molecule has 2 heterocycles. The molecule has 1 saturated heterocycles. The van der Waals surface area contributed by atoms with Crippen LogP contribution in [0.5, 0.6) is 11.5 Å². The summed E-state index contributed by atoms with van der Waals surface area (Å²) in [5.41, 5.74) is 9.45. The minimum Gasteiger partial charge on any atom is -0.496 e. The van der Waals surface area contributed by atoms with E-state index in [1.54, 1.807) is 32.4 Å². The topological polar surface area (TPSA) is 138 Å². The first kappa shape index (κ1) is 32.2. The van der Waals surface area contributed by atoms with E-state index in [1.165, 1.54) is 12.3 Å². The van der Waals surface area contributed by atoms with Gasteiger partial charge in [0.05, 0.1) is 36.8 Å². The monoisotopic (exact) mass is 602 g/mol. The summed E-state index contributed by atoms with van der Waals surface area (Å²) in [6.45, 7) is 6.80. The Kier molecular flexibility index (Phi) is 10.7. The maximum atomic E-state index is 13.6. The highest BCUT2D eigenvalue weighted by Crippen LogP contribution is 2.38. The van der Waals surface area contributed by atoms with E-state index in [0.29, 0.717) is 35.0 Å². The van der Waals surface area contributed by atoms with Crippen molar-refractivity contribution in [2.75, 3.05) is 82.0 Å². The lowest BCUT2D eigenvalue weighted by atomic mass is 10.0. The van der Waals surface area contributed by atoms with Crippen LogP contribution in [0.3, 0.4) is 0 Å². The molecule has 0 bridgehead atoms. The molecule has 1 fully saturated rings. The van der Waals surface area contributed by atoms with Crippen LogP contribution in [0, 0.1) is 0 Å². The van der Waals surface area contributed by atoms with Crippen LogP contribution in [0.4, 0.5) is 28.7 Å². The largest absolute Gasteiger partial charge is 0.496 e. The minimum absolute atomic E-state index is 0.184. The summed E-state index contributed by atoms with van der Waals surface area (Å²) in [6, 6.07) is 10.9. The van der Waals surface area contributed by atoms with Crippen LogP contribution in [0.25, 0.3) is 0 Å². The maximum absolute atomic E-state index is 13.6. The van der Waals surface area contributed by atoms with Gasteiger partial charge in [-0.15, -0.1) is 0 Å². The zero-order valence-electron chi connectivity index (χ0n) is 26.1. The zero-order chi connectivity index (χ0) is 31.8. The third-order valence-corrected chi connectivity index (χ3v) is 7.52. The van der Waals surface area contributed by atoms with Gasteiger partial charge < -0.3 is 40.5 Å². The molecule has 1 aromatic heterocycles. The smallest absolute Gasteiger partial charge is 0.247 e. The first-order valence-electron chi connectivity index (χ1n) is 14.5. The van der Waals surface area contributed by atoms with E-state index in [1.807, 2.05) is 44.2 Å². The standard InChI is InChI=1S/C32H42N8O4/c1-7-30(41)35-25-19-26(29(44-6)20-27(25)39(4)17-16-38(2)3)37-32-34-13-10-24(36-32)31(42)23-9-8-22(18-28(23)43-5)40-14-11-21(33)12-15-40/h7-10,13,18-21H,1,11-12,14-17,33H2,2-6H3,(H,35,41)(H,34,36,37). The van der Waals surface area contributed by atoms with Crippen LogP contribution in [0.15, 0.2) is 55.3 Å². The van der Waals surface area contributed by atoms with Crippen LogP contribution in [0.1, 0.15) is 28.9 Å². The van der Waals surface area contributed by atoms with Crippen molar-refractivity contribution in [1.82, 2.24) is 14.9 Å². The molecule has 44 heavy (non-hydrogen) atoms. The summed E-state index contributed by atoms with van der Waals surface area (Å²) in [4.78, 5) is 41.1. The van der Waals surface area contributed by atoms with Crippen LogP contribution in [-0.2, 0) is 4.79 Å². The molecule has 0 aliphatic carbocycles. The van der Waals surface area contributed by atoms with E-state index in [9.17, 15) is 9.59 Å². The number of methoxy groups -OCH3 is 2. The first-order chi connectivity index (χ1) is 21.1. The van der Waals surface area contributed by atoms with Gasteiger partial charge in [0.2, 0.25) is 17.6 Å². The SMILES string of the molecule is C=CC(=O)Nc1cc(Nc2nccc(C(=O)c3ccc(N4CCC(N)CC4)cc3OC)n2)c(OC)cc1N(C)CCN(C)C. The average Bonchev–Trinajstić information content (AvgIpc) is 3.03. The Morgan fingerprint density at radius 2 is 1.77 bits per heavy atom. The second-order valence-electron chi connectivity index (χ2n) is 10.9. The van der Waals surface area contributed by atoms with Gasteiger partial charge in [0.25, 0.3) is 0 Å². The fourth-order valence-corrected chi connectivity index (χ4v) is 4.93. The molecule has 0 radical (unpaired) electrons. The Labute approximate surface area is 258 Å². The lowest BCUT2D eigenvalue weighted by Gasteiger charge is -2.32. The van der Waals surface area contributed by atoms with Crippen molar-refractivity contribution in [3.8, 4) is 11.5 Å². The van der Waals surface area contributed by atoms with E-state index in [2.05, 4.69) is 37.0 Å². The zero-order valence-corrected chi connectivity index (χ0v) is 26.1. The number of ketones is 1. The summed E-state index contributed by atoms with van der Waals surface area (Å²) in [5, 5.41) is 6.03. The molecule has 0 unspecified atom stereocenters. The number of carbonyl (C=O) groups excluding carboxylic acids is 2. The van der Waals surface area contributed by atoms with Gasteiger partial charge in [-0.2, -0.15) is 0 Å². The number of rotatable bonds is 13. The number of hydrogen-bond acceptors (Lipinski definition) is 11. The van der Waals surface area contributed by atoms with Gasteiger partial charge in [-0.3, -0.25) is 9.59 Å². The van der Waals surface area contributed by atoms with Crippen molar-refractivity contribution in [3.63, 3.8) is 0 Å². The summed E-state index contributed by atoms with van der Waals surface area (Å²) < 4.78 is 11.3. The Bertz CT molecular complexity index is 1490. The normalized spacial score (nSPS) is 13.4. The molecule has 0 spiro atoms. The predicted molar refractivity (Wildman–Crippen MR) is 175 cm³/mol. The Balaban J connectivity index is 1.61. The fourth-order valence-electron chi connectivity index (χ4n) is 4.93. The van der Waals surface area contributed by atoms with E-state index >= 15 is 0 Å². The molecular formula is C32H42N8O4. The minimum atomic E-state index is -0.351. The molecular weight excluding hydrogens is 560 g/mol. The Morgan fingerprint density at radius 3 is 2.43 bits per heavy atom. The van der Waals surface area contributed by atoms with E-state index in [0.717, 1.165) is 43.9 Å². The summed E-state index contributed by atoms with van der Waals surface area (Å²) >= 11 is 0. The van der Waals surface area contributed by atoms with Gasteiger partial charge in [-0.25, -0.2) is 9.97 Å². The summed E-state index contributed by atoms with van der Waals surface area (Å²) in [5.74, 6) is 0.502. The van der Waals surface area contributed by atoms with E-state index in [4.69, 9.17) is 15.2 Å². The summed E-state index contributed by atoms with van der Waals surface area (Å²) in [7, 11) is 9.04. The van der Waals surface area contributed by atoms with Crippen LogP contribution < -0.4 is 35.6 Å². The van der Waals surface area contributed by atoms with Crippen molar-refractivity contribution in [2.24, 2.45) is 5.73 Å². The molecule has 0 atom stereocenters. The molecule has 2 aromatic carbocycles. The van der Waals surface area contributed by atoms with Crippen LogP contribution in [0.2, 0.25) is 0 Å². The average molecular weight is 603 g/mol. The Hall–Kier alpha value is -4.68. The highest BCUT2D eigenvalue weighted by atomic mass is 16.5. The first-order valence-corrected chi connectivity index (χ1v) is 14.5. The molecule has 4 rings (SSSR count). The maximum Gasteiger partial charge on any atom is 0.247 e. The number of benzene rings is 2. The lowest BCUT2D eigenvalue weighted by molar-refractivity contribution is -0.111. The van der Waals surface area contributed by atoms with Crippen molar-refractivity contribution in [1.29, 1.82) is 0 Å². The number of nitrogens with one attached hydrogen (secondary N) is 2. The molecule has 1 aliphatic heterocycles. The Morgan fingerprint density at radius 1 is 1.05 bits per heavy atom. The van der Waals surface area contributed by atoms with Gasteiger partial charge in [-0.05, 0) is 57.3 Å². The molecule has 4 N–H and O–H groups in total. The van der Waals surface area contributed by atoms with Crippen molar-refractivity contribution < 1.29 is 19.1 Å². The molecule has 0 saturated carbocycles. The third-order valence-electron chi connectivity index (χ3n) is 7.52. The second-order valence-corrected chi connectivity index (χ2v) is 10.9. The van der Waals surface area contributed by atoms with Crippen molar-refractivity contribution in [3.05, 3.63) is 66.5 Å². The third kappa shape index (κ3) is 7.82. The number of nitrogens with two attached hydrogens (primary N) is 1. The van der Waals surface area contributed by atoms with Gasteiger partial charge in [0.1, 0.15) is 17.2 Å². The van der Waals surface area contributed by atoms with Crippen LogP contribution >= 0.6 is 0 Å². The number of aromatic nitrogens is 2. The molecule has 3 aromatic rings.